The zero-order chi connectivity index (χ0) is 11.1. The summed E-state index contributed by atoms with van der Waals surface area (Å²) < 4.78 is 23.5. The van der Waals surface area contributed by atoms with Gasteiger partial charge in [-0.2, -0.15) is 8.78 Å². The maximum Gasteiger partial charge on any atom is 0.315 e. The van der Waals surface area contributed by atoms with E-state index in [0.29, 0.717) is 0 Å². The number of amides is 1. The largest absolute Gasteiger partial charge is 0.391 e. The van der Waals surface area contributed by atoms with E-state index in [1.165, 1.54) is 0 Å². The van der Waals surface area contributed by atoms with E-state index in [0.717, 1.165) is 12.8 Å². The topological polar surface area (TPSA) is 49.3 Å². The molecule has 1 atom stereocenters. The monoisotopic (exact) mass is 209 g/mol. The van der Waals surface area contributed by atoms with Crippen molar-refractivity contribution in [2.45, 2.75) is 39.2 Å². The summed E-state index contributed by atoms with van der Waals surface area (Å²) in [5.74, 6) is -1.28. The second-order valence-electron chi connectivity index (χ2n) is 3.19. The molecular formula is C9H17F2NO2. The van der Waals surface area contributed by atoms with Crippen LogP contribution in [0.1, 0.15) is 26.7 Å². The number of carbonyl (C=O) groups excluding carboxylic acids is 1. The van der Waals surface area contributed by atoms with Crippen LogP contribution in [-0.2, 0) is 4.79 Å². The van der Waals surface area contributed by atoms with Crippen molar-refractivity contribution in [1.29, 1.82) is 0 Å². The average Bonchev–Trinajstić information content (AvgIpc) is 2.15. The molecule has 3 nitrogen and oxygen atoms in total. The van der Waals surface area contributed by atoms with Gasteiger partial charge < -0.3 is 10.4 Å². The van der Waals surface area contributed by atoms with Gasteiger partial charge in [-0.25, -0.2) is 0 Å². The predicted octanol–water partition coefficient (Wildman–Crippen LogP) is 1.16. The third kappa shape index (κ3) is 4.50. The molecule has 0 aromatic rings. The summed E-state index contributed by atoms with van der Waals surface area (Å²) in [6.07, 6.45) is -2.22. The van der Waals surface area contributed by atoms with E-state index in [2.05, 4.69) is 0 Å². The number of hydrogen-bond acceptors (Lipinski definition) is 2. The van der Waals surface area contributed by atoms with E-state index in [1.807, 2.05) is 19.2 Å². The van der Waals surface area contributed by atoms with Crippen LogP contribution < -0.4 is 5.32 Å². The molecule has 0 rings (SSSR count). The number of aliphatic hydroxyl groups is 1. The zero-order valence-electron chi connectivity index (χ0n) is 8.46. The first-order valence-electron chi connectivity index (χ1n) is 4.76. The van der Waals surface area contributed by atoms with Gasteiger partial charge in [-0.15, -0.1) is 0 Å². The van der Waals surface area contributed by atoms with Crippen LogP contribution in [0.4, 0.5) is 8.78 Å². The summed E-state index contributed by atoms with van der Waals surface area (Å²) in [6.45, 7) is 3.72. The molecule has 0 spiro atoms. The Balaban J connectivity index is 3.83. The normalized spacial score (nSPS) is 13.4. The highest BCUT2D eigenvalue weighted by atomic mass is 19.3. The molecule has 0 aromatic heterocycles. The summed E-state index contributed by atoms with van der Waals surface area (Å²) in [7, 11) is 0. The van der Waals surface area contributed by atoms with Crippen molar-refractivity contribution in [2.75, 3.05) is 6.54 Å². The minimum atomic E-state index is -3.01. The highest BCUT2D eigenvalue weighted by molar-refractivity contribution is 5.79. The van der Waals surface area contributed by atoms with Gasteiger partial charge in [0.2, 0.25) is 0 Å². The predicted molar refractivity (Wildman–Crippen MR) is 49.1 cm³/mol. The Morgan fingerprint density at radius 2 is 1.86 bits per heavy atom. The summed E-state index contributed by atoms with van der Waals surface area (Å²) in [5, 5.41) is 11.5. The molecular weight excluding hydrogens is 192 g/mol. The smallest absolute Gasteiger partial charge is 0.315 e. The van der Waals surface area contributed by atoms with E-state index < -0.39 is 18.4 Å². The fourth-order valence-electron chi connectivity index (χ4n) is 1.28. The lowest BCUT2D eigenvalue weighted by atomic mass is 9.96. The van der Waals surface area contributed by atoms with Crippen LogP contribution in [0.25, 0.3) is 0 Å². The Hall–Kier alpha value is -0.710. The second-order valence-corrected chi connectivity index (χ2v) is 3.19. The van der Waals surface area contributed by atoms with E-state index in [-0.39, 0.29) is 12.5 Å². The Labute approximate surface area is 82.5 Å². The third-order valence-electron chi connectivity index (χ3n) is 2.28. The molecule has 0 aromatic carbocycles. The molecule has 0 aliphatic heterocycles. The van der Waals surface area contributed by atoms with Crippen LogP contribution in [0.5, 0.6) is 0 Å². The summed E-state index contributed by atoms with van der Waals surface area (Å²) in [4.78, 5) is 10.5. The van der Waals surface area contributed by atoms with Gasteiger partial charge in [-0.3, -0.25) is 4.79 Å². The van der Waals surface area contributed by atoms with Crippen LogP contribution in [0, 0.1) is 5.92 Å². The van der Waals surface area contributed by atoms with Gasteiger partial charge in [-0.05, 0) is 5.92 Å². The first kappa shape index (κ1) is 13.3. The lowest BCUT2D eigenvalue weighted by Gasteiger charge is -2.20. The summed E-state index contributed by atoms with van der Waals surface area (Å²) >= 11 is 0. The maximum absolute atomic E-state index is 11.7. The van der Waals surface area contributed by atoms with E-state index in [4.69, 9.17) is 0 Å². The van der Waals surface area contributed by atoms with E-state index in [9.17, 15) is 18.7 Å². The first-order valence-corrected chi connectivity index (χ1v) is 4.76. The van der Waals surface area contributed by atoms with Crippen LogP contribution in [0.15, 0.2) is 0 Å². The molecule has 84 valence electrons. The molecule has 0 aliphatic carbocycles. The van der Waals surface area contributed by atoms with Crippen molar-refractivity contribution in [1.82, 2.24) is 5.32 Å². The van der Waals surface area contributed by atoms with Gasteiger partial charge in [0.15, 0.2) is 0 Å². The number of hydrogen-bond donors (Lipinski definition) is 2. The Morgan fingerprint density at radius 3 is 2.21 bits per heavy atom. The van der Waals surface area contributed by atoms with E-state index in [1.54, 1.807) is 0 Å². The summed E-state index contributed by atoms with van der Waals surface area (Å²) in [6, 6.07) is 0. The SMILES string of the molecule is CCC(CC)C(O)CNC(=O)C(F)F. The molecule has 0 aliphatic rings. The number of carbonyl (C=O) groups is 1. The quantitative estimate of drug-likeness (QED) is 0.689. The standard InChI is InChI=1S/C9H17F2NO2/c1-3-6(4-2)7(13)5-12-9(14)8(10)11/h6-8,13H,3-5H2,1-2H3,(H,12,14). The molecule has 0 bridgehead atoms. The number of aliphatic hydroxyl groups excluding tert-OH is 1. The number of alkyl halides is 2. The molecule has 0 saturated carbocycles. The lowest BCUT2D eigenvalue weighted by molar-refractivity contribution is -0.132. The molecule has 5 heteroatoms. The lowest BCUT2D eigenvalue weighted by Crippen LogP contribution is -2.38. The van der Waals surface area contributed by atoms with Crippen LogP contribution >= 0.6 is 0 Å². The van der Waals surface area contributed by atoms with Gasteiger partial charge >= 0.3 is 6.43 Å². The highest BCUT2D eigenvalue weighted by Crippen LogP contribution is 2.12. The Morgan fingerprint density at radius 1 is 1.36 bits per heavy atom. The minimum Gasteiger partial charge on any atom is -0.391 e. The molecule has 14 heavy (non-hydrogen) atoms. The van der Waals surface area contributed by atoms with Gasteiger partial charge in [0.25, 0.3) is 5.91 Å². The van der Waals surface area contributed by atoms with E-state index >= 15 is 0 Å². The van der Waals surface area contributed by atoms with Gasteiger partial charge in [0.05, 0.1) is 6.10 Å². The molecule has 0 saturated heterocycles. The molecule has 0 radical (unpaired) electrons. The number of rotatable bonds is 6. The van der Waals surface area contributed by atoms with Gasteiger partial charge in [-0.1, -0.05) is 26.7 Å². The molecule has 1 amide bonds. The van der Waals surface area contributed by atoms with Crippen LogP contribution in [-0.4, -0.2) is 30.1 Å². The molecule has 0 heterocycles. The van der Waals surface area contributed by atoms with Gasteiger partial charge in [0.1, 0.15) is 0 Å². The van der Waals surface area contributed by atoms with Crippen LogP contribution in [0.2, 0.25) is 0 Å². The zero-order valence-corrected chi connectivity index (χ0v) is 8.46. The maximum atomic E-state index is 11.7. The highest BCUT2D eigenvalue weighted by Gasteiger charge is 2.19. The van der Waals surface area contributed by atoms with Crippen molar-refractivity contribution in [2.24, 2.45) is 5.92 Å². The molecule has 1 unspecified atom stereocenters. The average molecular weight is 209 g/mol. The van der Waals surface area contributed by atoms with Crippen molar-refractivity contribution in [3.63, 3.8) is 0 Å². The summed E-state index contributed by atoms with van der Waals surface area (Å²) in [5.41, 5.74) is 0. The number of nitrogens with one attached hydrogen (secondary N) is 1. The second kappa shape index (κ2) is 6.70. The number of halogens is 2. The van der Waals surface area contributed by atoms with Crippen molar-refractivity contribution < 1.29 is 18.7 Å². The first-order chi connectivity index (χ1) is 6.52. The molecule has 2 N–H and O–H groups in total. The minimum absolute atomic E-state index is 0.0490. The van der Waals surface area contributed by atoms with Crippen LogP contribution in [0.3, 0.4) is 0 Å². The third-order valence-corrected chi connectivity index (χ3v) is 2.28. The fourth-order valence-corrected chi connectivity index (χ4v) is 1.28. The Kier molecular flexibility index (Phi) is 6.36. The molecule has 0 fully saturated rings. The van der Waals surface area contributed by atoms with Gasteiger partial charge in [0, 0.05) is 6.54 Å². The van der Waals surface area contributed by atoms with Crippen molar-refractivity contribution in [3.05, 3.63) is 0 Å². The Bertz CT molecular complexity index is 172. The fraction of sp³-hybridized carbons (Fsp3) is 0.889. The van der Waals surface area contributed by atoms with Crippen molar-refractivity contribution >= 4 is 5.91 Å². The van der Waals surface area contributed by atoms with Crippen molar-refractivity contribution in [3.8, 4) is 0 Å².